The second-order valence-corrected chi connectivity index (χ2v) is 3.97. The maximum atomic E-state index is 11.9. The molecular weight excluding hydrogens is 220 g/mol. The number of aliphatic hydroxyl groups is 1. The molecule has 0 aliphatic heterocycles. The fourth-order valence-corrected chi connectivity index (χ4v) is 1.46. The van der Waals surface area contributed by atoms with Crippen molar-refractivity contribution in [2.24, 2.45) is 0 Å². The summed E-state index contributed by atoms with van der Waals surface area (Å²) in [7, 11) is 1.74. The smallest absolute Gasteiger partial charge is 0.293 e. The Morgan fingerprint density at radius 2 is 2.18 bits per heavy atom. The van der Waals surface area contributed by atoms with Crippen LogP contribution in [-0.4, -0.2) is 51.3 Å². The number of rotatable bonds is 7. The number of nitrogens with zero attached hydrogens (tertiary/aromatic N) is 3. The summed E-state index contributed by atoms with van der Waals surface area (Å²) >= 11 is 0. The summed E-state index contributed by atoms with van der Waals surface area (Å²) in [5.41, 5.74) is 0. The third-order valence-electron chi connectivity index (χ3n) is 2.56. The summed E-state index contributed by atoms with van der Waals surface area (Å²) in [6.45, 7) is 2.82. The fourth-order valence-electron chi connectivity index (χ4n) is 1.46. The number of hydrogen-bond acceptors (Lipinski definition) is 4. The number of nitrogens with one attached hydrogen (secondary N) is 1. The van der Waals surface area contributed by atoms with E-state index in [0.717, 1.165) is 31.5 Å². The number of aromatic amines is 1. The van der Waals surface area contributed by atoms with Crippen molar-refractivity contribution in [2.45, 2.75) is 32.6 Å². The van der Waals surface area contributed by atoms with Crippen molar-refractivity contribution in [1.29, 1.82) is 0 Å². The molecule has 0 unspecified atom stereocenters. The van der Waals surface area contributed by atoms with E-state index < -0.39 is 0 Å². The van der Waals surface area contributed by atoms with Gasteiger partial charge < -0.3 is 10.0 Å². The number of H-pyrrole nitrogens is 1. The third-order valence-corrected chi connectivity index (χ3v) is 2.56. The SMILES string of the molecule is CCc1nc(C(=O)N(C)CCCCCO)n[nH]1. The van der Waals surface area contributed by atoms with Gasteiger partial charge in [-0.25, -0.2) is 4.98 Å². The first kappa shape index (κ1) is 13.6. The minimum atomic E-state index is -0.162. The summed E-state index contributed by atoms with van der Waals surface area (Å²) in [5, 5.41) is 15.3. The van der Waals surface area contributed by atoms with Crippen LogP contribution >= 0.6 is 0 Å². The van der Waals surface area contributed by atoms with Crippen molar-refractivity contribution < 1.29 is 9.90 Å². The van der Waals surface area contributed by atoms with E-state index in [1.807, 2.05) is 6.92 Å². The van der Waals surface area contributed by atoms with E-state index in [2.05, 4.69) is 15.2 Å². The maximum absolute atomic E-state index is 11.9. The minimum absolute atomic E-state index is 0.162. The summed E-state index contributed by atoms with van der Waals surface area (Å²) in [6.07, 6.45) is 3.32. The average molecular weight is 240 g/mol. The minimum Gasteiger partial charge on any atom is -0.396 e. The van der Waals surface area contributed by atoms with E-state index in [-0.39, 0.29) is 18.3 Å². The highest BCUT2D eigenvalue weighted by atomic mass is 16.2. The number of aliphatic hydroxyl groups excluding tert-OH is 1. The number of carbonyl (C=O) groups excluding carboxylic acids is 1. The van der Waals surface area contributed by atoms with Crippen molar-refractivity contribution in [3.8, 4) is 0 Å². The Morgan fingerprint density at radius 1 is 1.41 bits per heavy atom. The number of carbonyl (C=O) groups is 1. The van der Waals surface area contributed by atoms with Crippen LogP contribution in [0.1, 0.15) is 42.6 Å². The van der Waals surface area contributed by atoms with Crippen LogP contribution < -0.4 is 0 Å². The predicted molar refractivity (Wildman–Crippen MR) is 63.7 cm³/mol. The molecule has 0 spiro atoms. The molecule has 0 atom stereocenters. The molecule has 1 rings (SSSR count). The number of amides is 1. The third kappa shape index (κ3) is 4.14. The average Bonchev–Trinajstić information content (AvgIpc) is 2.82. The van der Waals surface area contributed by atoms with Gasteiger partial charge in [0.2, 0.25) is 5.82 Å². The van der Waals surface area contributed by atoms with E-state index in [4.69, 9.17) is 5.11 Å². The molecule has 0 saturated carbocycles. The quantitative estimate of drug-likeness (QED) is 0.684. The first-order valence-corrected chi connectivity index (χ1v) is 5.96. The summed E-state index contributed by atoms with van der Waals surface area (Å²) in [5.74, 6) is 0.790. The molecule has 1 aromatic rings. The van der Waals surface area contributed by atoms with Gasteiger partial charge in [-0.3, -0.25) is 9.89 Å². The number of hydrogen-bond donors (Lipinski definition) is 2. The monoisotopic (exact) mass is 240 g/mol. The molecule has 1 aromatic heterocycles. The van der Waals surface area contributed by atoms with Crippen molar-refractivity contribution in [1.82, 2.24) is 20.1 Å². The highest BCUT2D eigenvalue weighted by molar-refractivity contribution is 5.90. The molecule has 0 aliphatic rings. The molecule has 2 N–H and O–H groups in total. The lowest BCUT2D eigenvalue weighted by Gasteiger charge is -2.14. The van der Waals surface area contributed by atoms with Crippen LogP contribution in [0.2, 0.25) is 0 Å². The first-order valence-electron chi connectivity index (χ1n) is 5.96. The lowest BCUT2D eigenvalue weighted by molar-refractivity contribution is 0.0780. The van der Waals surface area contributed by atoms with E-state index in [9.17, 15) is 4.79 Å². The highest BCUT2D eigenvalue weighted by Crippen LogP contribution is 2.02. The molecule has 6 nitrogen and oxygen atoms in total. The Hall–Kier alpha value is -1.43. The summed E-state index contributed by atoms with van der Waals surface area (Å²) < 4.78 is 0. The summed E-state index contributed by atoms with van der Waals surface area (Å²) in [4.78, 5) is 17.6. The zero-order valence-electron chi connectivity index (χ0n) is 10.4. The summed E-state index contributed by atoms with van der Waals surface area (Å²) in [6, 6.07) is 0. The van der Waals surface area contributed by atoms with Gasteiger partial charge >= 0.3 is 0 Å². The molecule has 1 amide bonds. The van der Waals surface area contributed by atoms with Gasteiger partial charge in [0.15, 0.2) is 0 Å². The second kappa shape index (κ2) is 7.01. The van der Waals surface area contributed by atoms with Crippen molar-refractivity contribution >= 4 is 5.91 Å². The van der Waals surface area contributed by atoms with Gasteiger partial charge in [-0.1, -0.05) is 6.92 Å². The normalized spacial score (nSPS) is 10.5. The van der Waals surface area contributed by atoms with Gasteiger partial charge in [-0.15, -0.1) is 5.10 Å². The zero-order chi connectivity index (χ0) is 12.7. The van der Waals surface area contributed by atoms with Crippen LogP contribution in [0.15, 0.2) is 0 Å². The molecule has 0 aliphatic carbocycles. The molecule has 17 heavy (non-hydrogen) atoms. The van der Waals surface area contributed by atoms with Gasteiger partial charge in [0, 0.05) is 26.6 Å². The number of aryl methyl sites for hydroxylation is 1. The Bertz CT molecular complexity index is 351. The number of unbranched alkanes of at least 4 members (excludes halogenated alkanes) is 2. The van der Waals surface area contributed by atoms with Gasteiger partial charge in [-0.05, 0) is 19.3 Å². The molecule has 0 radical (unpaired) electrons. The van der Waals surface area contributed by atoms with Gasteiger partial charge in [0.1, 0.15) is 5.82 Å². The molecule has 6 heteroatoms. The van der Waals surface area contributed by atoms with Crippen molar-refractivity contribution in [3.63, 3.8) is 0 Å². The van der Waals surface area contributed by atoms with Gasteiger partial charge in [0.25, 0.3) is 5.91 Å². The second-order valence-electron chi connectivity index (χ2n) is 3.97. The lowest BCUT2D eigenvalue weighted by atomic mass is 10.2. The molecule has 1 heterocycles. The Labute approximate surface area is 101 Å². The molecule has 0 saturated heterocycles. The van der Waals surface area contributed by atoms with Crippen LogP contribution in [0.3, 0.4) is 0 Å². The molecule has 0 aromatic carbocycles. The Kier molecular flexibility index (Phi) is 5.62. The van der Waals surface area contributed by atoms with Crippen LogP contribution in [0.25, 0.3) is 0 Å². The van der Waals surface area contributed by atoms with E-state index >= 15 is 0 Å². The van der Waals surface area contributed by atoms with E-state index in [1.165, 1.54) is 0 Å². The highest BCUT2D eigenvalue weighted by Gasteiger charge is 2.16. The van der Waals surface area contributed by atoms with E-state index in [1.54, 1.807) is 11.9 Å². The van der Waals surface area contributed by atoms with Crippen molar-refractivity contribution in [2.75, 3.05) is 20.2 Å². The van der Waals surface area contributed by atoms with Crippen molar-refractivity contribution in [3.05, 3.63) is 11.6 Å². The maximum Gasteiger partial charge on any atom is 0.293 e. The largest absolute Gasteiger partial charge is 0.396 e. The standard InChI is InChI=1S/C11H20N4O2/c1-3-9-12-10(14-13-9)11(17)15(2)7-5-4-6-8-16/h16H,3-8H2,1-2H3,(H,12,13,14). The van der Waals surface area contributed by atoms with Crippen LogP contribution in [-0.2, 0) is 6.42 Å². The lowest BCUT2D eigenvalue weighted by Crippen LogP contribution is -2.28. The van der Waals surface area contributed by atoms with Crippen LogP contribution in [0.4, 0.5) is 0 Å². The Balaban J connectivity index is 2.40. The molecular formula is C11H20N4O2. The topological polar surface area (TPSA) is 82.1 Å². The zero-order valence-corrected chi connectivity index (χ0v) is 10.4. The predicted octanol–water partition coefficient (Wildman–Crippen LogP) is 0.602. The molecule has 0 fully saturated rings. The fraction of sp³-hybridized carbons (Fsp3) is 0.727. The number of aromatic nitrogens is 3. The molecule has 0 bridgehead atoms. The van der Waals surface area contributed by atoms with Gasteiger partial charge in [0.05, 0.1) is 0 Å². The first-order chi connectivity index (χ1) is 8.19. The molecule has 96 valence electrons. The van der Waals surface area contributed by atoms with Gasteiger partial charge in [-0.2, -0.15) is 0 Å². The Morgan fingerprint density at radius 3 is 2.76 bits per heavy atom. The van der Waals surface area contributed by atoms with E-state index in [0.29, 0.717) is 6.54 Å². The van der Waals surface area contributed by atoms with Crippen LogP contribution in [0.5, 0.6) is 0 Å². The van der Waals surface area contributed by atoms with Crippen LogP contribution in [0, 0.1) is 0 Å².